The molecule has 3 N–H and O–H groups in total. The molecule has 1 atom stereocenters. The first kappa shape index (κ1) is 14.5. The molecule has 0 fully saturated rings. The van der Waals surface area contributed by atoms with Gasteiger partial charge in [-0.3, -0.25) is 16.3 Å². The van der Waals surface area contributed by atoms with E-state index in [0.29, 0.717) is 0 Å². The van der Waals surface area contributed by atoms with E-state index in [2.05, 4.69) is 42.9 Å². The molecule has 0 aliphatic rings. The van der Waals surface area contributed by atoms with Crippen LogP contribution in [-0.4, -0.2) is 14.6 Å². The third-order valence-electron chi connectivity index (χ3n) is 2.79. The molecule has 2 aromatic rings. The molecule has 0 spiro atoms. The second-order valence-corrected chi connectivity index (χ2v) is 5.97. The molecule has 102 valence electrons. The van der Waals surface area contributed by atoms with Crippen LogP contribution in [0.25, 0.3) is 0 Å². The lowest BCUT2D eigenvalue weighted by Gasteiger charge is -2.15. The van der Waals surface area contributed by atoms with Crippen LogP contribution in [0.5, 0.6) is 0 Å². The van der Waals surface area contributed by atoms with Gasteiger partial charge in [0.15, 0.2) is 0 Å². The van der Waals surface area contributed by atoms with E-state index in [-0.39, 0.29) is 6.04 Å². The van der Waals surface area contributed by atoms with Crippen molar-refractivity contribution in [1.29, 1.82) is 0 Å². The number of pyridine rings is 1. The van der Waals surface area contributed by atoms with E-state index in [1.165, 1.54) is 11.5 Å². The molecule has 0 saturated carbocycles. The van der Waals surface area contributed by atoms with Crippen LogP contribution < -0.4 is 11.3 Å². The molecule has 7 heteroatoms. The van der Waals surface area contributed by atoms with Crippen LogP contribution in [0.3, 0.4) is 0 Å². The van der Waals surface area contributed by atoms with Crippen LogP contribution in [0.2, 0.25) is 0 Å². The van der Waals surface area contributed by atoms with Crippen molar-refractivity contribution < 1.29 is 0 Å². The molecule has 2 rings (SSSR count). The van der Waals surface area contributed by atoms with E-state index in [0.717, 1.165) is 39.9 Å². The normalized spacial score (nSPS) is 12.6. The Bertz CT molecular complexity index is 530. The maximum Gasteiger partial charge on any atom is 0.0804 e. The van der Waals surface area contributed by atoms with Crippen molar-refractivity contribution in [2.24, 2.45) is 5.84 Å². The van der Waals surface area contributed by atoms with Crippen molar-refractivity contribution in [1.82, 2.24) is 20.0 Å². The quantitative estimate of drug-likeness (QED) is 0.623. The number of rotatable bonds is 6. The summed E-state index contributed by atoms with van der Waals surface area (Å²) in [5, 5.41) is 4.18. The van der Waals surface area contributed by atoms with Gasteiger partial charge in [-0.2, -0.15) is 0 Å². The average molecular weight is 342 g/mol. The van der Waals surface area contributed by atoms with Crippen molar-refractivity contribution in [2.75, 3.05) is 0 Å². The minimum Gasteiger partial charge on any atom is -0.271 e. The number of halogens is 1. The summed E-state index contributed by atoms with van der Waals surface area (Å²) in [6, 6.07) is 2.07. The molecule has 1 unspecified atom stereocenters. The number of hydrogen-bond acceptors (Lipinski definition) is 6. The molecular formula is C12H16BrN5S. The van der Waals surface area contributed by atoms with Gasteiger partial charge in [0.1, 0.15) is 0 Å². The fourth-order valence-corrected chi connectivity index (χ4v) is 3.09. The third kappa shape index (κ3) is 3.79. The number of hydrogen-bond donors (Lipinski definition) is 2. The number of nitrogens with zero attached hydrogens (tertiary/aromatic N) is 3. The molecule has 0 aliphatic heterocycles. The van der Waals surface area contributed by atoms with E-state index in [1.54, 1.807) is 6.20 Å². The van der Waals surface area contributed by atoms with Gasteiger partial charge < -0.3 is 0 Å². The van der Waals surface area contributed by atoms with Crippen molar-refractivity contribution in [2.45, 2.75) is 32.2 Å². The van der Waals surface area contributed by atoms with Gasteiger partial charge in [0, 0.05) is 16.9 Å². The second-order valence-electron chi connectivity index (χ2n) is 4.27. The fourth-order valence-electron chi connectivity index (χ4n) is 1.92. The summed E-state index contributed by atoms with van der Waals surface area (Å²) in [6.07, 6.45) is 6.37. The highest BCUT2D eigenvalue weighted by atomic mass is 79.9. The van der Waals surface area contributed by atoms with Crippen LogP contribution in [0.4, 0.5) is 0 Å². The lowest BCUT2D eigenvalue weighted by Crippen LogP contribution is -2.29. The second kappa shape index (κ2) is 7.04. The van der Waals surface area contributed by atoms with E-state index in [4.69, 9.17) is 5.84 Å². The van der Waals surface area contributed by atoms with Gasteiger partial charge in [0.25, 0.3) is 0 Å². The lowest BCUT2D eigenvalue weighted by molar-refractivity contribution is 0.553. The van der Waals surface area contributed by atoms with Crippen molar-refractivity contribution >= 4 is 27.5 Å². The molecule has 2 aromatic heterocycles. The lowest BCUT2D eigenvalue weighted by atomic mass is 10.0. The highest BCUT2D eigenvalue weighted by Crippen LogP contribution is 2.25. The number of nitrogens with two attached hydrogens (primary N) is 1. The molecule has 0 aliphatic carbocycles. The van der Waals surface area contributed by atoms with Crippen LogP contribution >= 0.6 is 27.5 Å². The number of hydrazine groups is 1. The molecule has 5 nitrogen and oxygen atoms in total. The first-order valence-electron chi connectivity index (χ1n) is 6.11. The highest BCUT2D eigenvalue weighted by molar-refractivity contribution is 9.10. The summed E-state index contributed by atoms with van der Waals surface area (Å²) in [5.74, 6) is 5.68. The molecular weight excluding hydrogens is 326 g/mol. The standard InChI is InChI=1S/C12H16BrN5S/c1-2-3-10-12(19-18-17-10)11(16-14)5-8-4-9(13)7-15-6-8/h4,6-7,11,16H,2-3,5,14H2,1H3. The van der Waals surface area contributed by atoms with E-state index >= 15 is 0 Å². The summed E-state index contributed by atoms with van der Waals surface area (Å²) in [4.78, 5) is 5.28. The Morgan fingerprint density at radius 1 is 1.47 bits per heavy atom. The van der Waals surface area contributed by atoms with Crippen molar-refractivity contribution in [3.63, 3.8) is 0 Å². The van der Waals surface area contributed by atoms with Gasteiger partial charge in [-0.25, -0.2) is 0 Å². The third-order valence-corrected chi connectivity index (χ3v) is 4.10. The molecule has 0 amide bonds. The minimum absolute atomic E-state index is 0.0256. The number of nitrogens with one attached hydrogen (secondary N) is 1. The van der Waals surface area contributed by atoms with Crippen molar-refractivity contribution in [3.8, 4) is 0 Å². The SMILES string of the molecule is CCCc1nnsc1C(Cc1cncc(Br)c1)NN. The van der Waals surface area contributed by atoms with Gasteiger partial charge in [-0.1, -0.05) is 17.8 Å². The van der Waals surface area contributed by atoms with Gasteiger partial charge in [0.05, 0.1) is 16.6 Å². The predicted octanol–water partition coefficient (Wildman–Crippen LogP) is 2.40. The Kier molecular flexibility index (Phi) is 5.38. The zero-order valence-corrected chi connectivity index (χ0v) is 13.0. The summed E-state index contributed by atoms with van der Waals surface area (Å²) in [5.41, 5.74) is 5.02. The largest absolute Gasteiger partial charge is 0.271 e. The van der Waals surface area contributed by atoms with Gasteiger partial charge in [-0.15, -0.1) is 5.10 Å². The average Bonchev–Trinajstić information content (AvgIpc) is 2.85. The minimum atomic E-state index is 0.0256. The van der Waals surface area contributed by atoms with E-state index < -0.39 is 0 Å². The Morgan fingerprint density at radius 2 is 2.32 bits per heavy atom. The fraction of sp³-hybridized carbons (Fsp3) is 0.417. The monoisotopic (exact) mass is 341 g/mol. The summed E-state index contributed by atoms with van der Waals surface area (Å²) in [6.45, 7) is 2.13. The van der Waals surface area contributed by atoms with Crippen LogP contribution in [0.15, 0.2) is 22.9 Å². The molecule has 0 bridgehead atoms. The van der Waals surface area contributed by atoms with Gasteiger partial charge in [0.2, 0.25) is 0 Å². The Hall–Kier alpha value is -0.890. The summed E-state index contributed by atoms with van der Waals surface area (Å²) < 4.78 is 5.01. The maximum atomic E-state index is 5.68. The molecule has 19 heavy (non-hydrogen) atoms. The van der Waals surface area contributed by atoms with Crippen LogP contribution in [0, 0.1) is 0 Å². The number of aryl methyl sites for hydroxylation is 1. The molecule has 0 radical (unpaired) electrons. The molecule has 2 heterocycles. The van der Waals surface area contributed by atoms with Crippen molar-refractivity contribution in [3.05, 3.63) is 39.1 Å². The summed E-state index contributed by atoms with van der Waals surface area (Å²) >= 11 is 4.84. The Labute approximate surface area is 124 Å². The van der Waals surface area contributed by atoms with Crippen LogP contribution in [-0.2, 0) is 12.8 Å². The van der Waals surface area contributed by atoms with Crippen LogP contribution in [0.1, 0.15) is 35.5 Å². The Balaban J connectivity index is 2.18. The van der Waals surface area contributed by atoms with E-state index in [1.807, 2.05) is 12.3 Å². The number of aromatic nitrogens is 3. The summed E-state index contributed by atoms with van der Waals surface area (Å²) in [7, 11) is 0. The smallest absolute Gasteiger partial charge is 0.0804 e. The molecule has 0 aromatic carbocycles. The zero-order chi connectivity index (χ0) is 13.7. The first-order chi connectivity index (χ1) is 9.24. The Morgan fingerprint density at radius 3 is 3.00 bits per heavy atom. The van der Waals surface area contributed by atoms with E-state index in [9.17, 15) is 0 Å². The highest BCUT2D eigenvalue weighted by Gasteiger charge is 2.18. The zero-order valence-electron chi connectivity index (χ0n) is 10.6. The van der Waals surface area contributed by atoms with Gasteiger partial charge in [-0.05, 0) is 51.9 Å². The predicted molar refractivity (Wildman–Crippen MR) is 79.6 cm³/mol. The van der Waals surface area contributed by atoms with Gasteiger partial charge >= 0.3 is 0 Å². The first-order valence-corrected chi connectivity index (χ1v) is 7.68. The maximum absolute atomic E-state index is 5.68. The molecule has 0 saturated heterocycles. The topological polar surface area (TPSA) is 76.7 Å².